The van der Waals surface area contributed by atoms with Crippen LogP contribution in [0.25, 0.3) is 22.5 Å². The minimum Gasteiger partial charge on any atom is -0.422 e. The SMILES string of the molecule is CC1CN(c2nc3nc(N4CCOCC4)oc3cc2C(=O)Nc2cccc(-c3cnn(C)c3)n2)CCN1C.Cl. The number of nitrogens with zero attached hydrogens (tertiary/aromatic N) is 8. The predicted molar refractivity (Wildman–Crippen MR) is 151 cm³/mol. The predicted octanol–water partition coefficient (Wildman–Crippen LogP) is 2.67. The summed E-state index contributed by atoms with van der Waals surface area (Å²) in [6.45, 7) is 7.18. The fourth-order valence-corrected chi connectivity index (χ4v) is 4.78. The molecule has 2 aliphatic rings. The molecule has 39 heavy (non-hydrogen) atoms. The molecular weight excluding hydrogens is 522 g/mol. The number of likely N-dealkylation sites (N-methyl/N-ethyl adjacent to an activating group) is 1. The first-order valence-electron chi connectivity index (χ1n) is 12.8. The number of carbonyl (C=O) groups is 1. The highest BCUT2D eigenvalue weighted by Gasteiger charge is 2.28. The van der Waals surface area contributed by atoms with Crippen LogP contribution in [0.3, 0.4) is 0 Å². The summed E-state index contributed by atoms with van der Waals surface area (Å²) in [4.78, 5) is 34.3. The van der Waals surface area contributed by atoms with Gasteiger partial charge in [0, 0.05) is 63.6 Å². The monoisotopic (exact) mass is 553 g/mol. The average Bonchev–Trinajstić information content (AvgIpc) is 3.56. The molecule has 1 N–H and O–H groups in total. The van der Waals surface area contributed by atoms with Gasteiger partial charge in [-0.25, -0.2) is 9.97 Å². The van der Waals surface area contributed by atoms with Crippen molar-refractivity contribution in [1.29, 1.82) is 0 Å². The number of oxazole rings is 1. The van der Waals surface area contributed by atoms with Crippen molar-refractivity contribution in [2.45, 2.75) is 13.0 Å². The lowest BCUT2D eigenvalue weighted by atomic mass is 10.1. The smallest absolute Gasteiger partial charge is 0.300 e. The van der Waals surface area contributed by atoms with Crippen molar-refractivity contribution < 1.29 is 13.9 Å². The van der Waals surface area contributed by atoms with E-state index in [4.69, 9.17) is 14.1 Å². The number of halogens is 1. The zero-order valence-electron chi connectivity index (χ0n) is 22.2. The van der Waals surface area contributed by atoms with Crippen LogP contribution in [-0.4, -0.2) is 94.6 Å². The van der Waals surface area contributed by atoms with Crippen LogP contribution >= 0.6 is 12.4 Å². The molecule has 6 heterocycles. The fraction of sp³-hybridized carbons (Fsp3) is 0.423. The maximum atomic E-state index is 13.7. The van der Waals surface area contributed by atoms with Crippen LogP contribution in [0.2, 0.25) is 0 Å². The van der Waals surface area contributed by atoms with E-state index in [2.05, 4.69) is 44.2 Å². The second-order valence-corrected chi connectivity index (χ2v) is 9.82. The number of anilines is 3. The Morgan fingerprint density at radius 2 is 1.87 bits per heavy atom. The number of piperazine rings is 1. The van der Waals surface area contributed by atoms with Crippen LogP contribution < -0.4 is 15.1 Å². The number of pyridine rings is 2. The minimum absolute atomic E-state index is 0. The van der Waals surface area contributed by atoms with Crippen LogP contribution in [0.4, 0.5) is 17.7 Å². The molecule has 4 aromatic rings. The largest absolute Gasteiger partial charge is 0.422 e. The molecule has 6 rings (SSSR count). The number of carbonyl (C=O) groups excluding carboxylic acids is 1. The Bertz CT molecular complexity index is 1470. The maximum absolute atomic E-state index is 13.7. The third-order valence-electron chi connectivity index (χ3n) is 7.13. The van der Waals surface area contributed by atoms with Gasteiger partial charge in [0.25, 0.3) is 11.9 Å². The van der Waals surface area contributed by atoms with Gasteiger partial charge in [-0.2, -0.15) is 10.1 Å². The number of rotatable bonds is 5. The highest BCUT2D eigenvalue weighted by molar-refractivity contribution is 6.08. The van der Waals surface area contributed by atoms with E-state index in [1.165, 1.54) is 0 Å². The first kappa shape index (κ1) is 26.9. The van der Waals surface area contributed by atoms with E-state index >= 15 is 0 Å². The molecule has 4 aromatic heterocycles. The molecule has 12 nitrogen and oxygen atoms in total. The number of hydrogen-bond acceptors (Lipinski definition) is 10. The molecule has 1 amide bonds. The Labute approximate surface area is 232 Å². The number of hydrogen-bond donors (Lipinski definition) is 1. The maximum Gasteiger partial charge on any atom is 0.300 e. The number of ether oxygens (including phenoxy) is 1. The summed E-state index contributed by atoms with van der Waals surface area (Å²) in [5.41, 5.74) is 2.98. The van der Waals surface area contributed by atoms with Gasteiger partial charge in [-0.1, -0.05) is 6.07 Å². The third kappa shape index (κ3) is 5.54. The average molecular weight is 554 g/mol. The molecule has 1 unspecified atom stereocenters. The van der Waals surface area contributed by atoms with E-state index in [0.717, 1.165) is 30.9 Å². The van der Waals surface area contributed by atoms with Crippen molar-refractivity contribution in [1.82, 2.24) is 29.6 Å². The third-order valence-corrected chi connectivity index (χ3v) is 7.13. The Balaban J connectivity index is 0.00000308. The number of amides is 1. The Morgan fingerprint density at radius 1 is 1.05 bits per heavy atom. The quantitative estimate of drug-likeness (QED) is 0.395. The van der Waals surface area contributed by atoms with Crippen molar-refractivity contribution >= 4 is 47.2 Å². The molecule has 2 aliphatic heterocycles. The van der Waals surface area contributed by atoms with E-state index in [9.17, 15) is 4.79 Å². The van der Waals surface area contributed by atoms with Gasteiger partial charge in [0.15, 0.2) is 5.58 Å². The summed E-state index contributed by atoms with van der Waals surface area (Å²) in [7, 11) is 3.96. The summed E-state index contributed by atoms with van der Waals surface area (Å²) >= 11 is 0. The zero-order chi connectivity index (χ0) is 26.2. The zero-order valence-corrected chi connectivity index (χ0v) is 23.0. The van der Waals surface area contributed by atoms with Crippen LogP contribution in [0.5, 0.6) is 0 Å². The normalized spacial score (nSPS) is 18.3. The molecule has 0 bridgehead atoms. The van der Waals surface area contributed by atoms with E-state index in [1.54, 1.807) is 23.0 Å². The molecular formula is C26H32ClN9O3. The number of morpholine rings is 1. The Hall–Kier alpha value is -3.74. The standard InChI is InChI=1S/C26H31N9O3.ClH/c1-17-15-35(8-7-32(17)2)24-19(13-21-23(30-24)31-26(38-21)34-9-11-37-12-10-34)25(36)29-22-6-4-5-20(28-22)18-14-27-33(3)16-18;/h4-6,13-14,16-17H,7-12,15H2,1-3H3,(H,28,29,36);1H. The van der Waals surface area contributed by atoms with Gasteiger partial charge < -0.3 is 29.2 Å². The molecule has 0 spiro atoms. The topological polar surface area (TPSA) is 118 Å². The van der Waals surface area contributed by atoms with Crippen molar-refractivity contribution in [2.24, 2.45) is 7.05 Å². The minimum atomic E-state index is -0.304. The van der Waals surface area contributed by atoms with Gasteiger partial charge in [-0.15, -0.1) is 12.4 Å². The van der Waals surface area contributed by atoms with Gasteiger partial charge in [-0.3, -0.25) is 9.48 Å². The van der Waals surface area contributed by atoms with Crippen LogP contribution in [0.1, 0.15) is 17.3 Å². The number of nitrogens with one attached hydrogen (secondary N) is 1. The number of fused-ring (bicyclic) bond motifs is 1. The summed E-state index contributed by atoms with van der Waals surface area (Å²) in [6, 6.07) is 8.08. The molecule has 2 saturated heterocycles. The van der Waals surface area contributed by atoms with Crippen LogP contribution in [-0.2, 0) is 11.8 Å². The highest BCUT2D eigenvalue weighted by atomic mass is 35.5. The van der Waals surface area contributed by atoms with Crippen molar-refractivity contribution in [3.8, 4) is 11.3 Å². The van der Waals surface area contributed by atoms with Gasteiger partial charge in [0.2, 0.25) is 5.65 Å². The van der Waals surface area contributed by atoms with Crippen molar-refractivity contribution in [2.75, 3.05) is 68.1 Å². The molecule has 0 aromatic carbocycles. The summed E-state index contributed by atoms with van der Waals surface area (Å²) in [5, 5.41) is 7.18. The van der Waals surface area contributed by atoms with Gasteiger partial charge >= 0.3 is 0 Å². The number of aryl methyl sites for hydroxylation is 1. The van der Waals surface area contributed by atoms with E-state index in [-0.39, 0.29) is 18.3 Å². The molecule has 0 saturated carbocycles. The van der Waals surface area contributed by atoms with Crippen molar-refractivity contribution in [3.05, 3.63) is 42.2 Å². The number of aromatic nitrogens is 5. The van der Waals surface area contributed by atoms with Crippen molar-refractivity contribution in [3.63, 3.8) is 0 Å². The first-order chi connectivity index (χ1) is 18.4. The van der Waals surface area contributed by atoms with E-state index < -0.39 is 0 Å². The van der Waals surface area contributed by atoms with Crippen LogP contribution in [0, 0.1) is 0 Å². The Morgan fingerprint density at radius 3 is 2.62 bits per heavy atom. The molecule has 1 atom stereocenters. The van der Waals surface area contributed by atoms with E-state index in [1.807, 2.05) is 30.3 Å². The second-order valence-electron chi connectivity index (χ2n) is 9.82. The first-order valence-corrected chi connectivity index (χ1v) is 12.8. The molecule has 13 heteroatoms. The molecule has 2 fully saturated rings. The van der Waals surface area contributed by atoms with Crippen LogP contribution in [0.15, 0.2) is 41.1 Å². The summed E-state index contributed by atoms with van der Waals surface area (Å²) < 4.78 is 13.2. The molecule has 0 radical (unpaired) electrons. The lowest BCUT2D eigenvalue weighted by Crippen LogP contribution is -2.50. The highest BCUT2D eigenvalue weighted by Crippen LogP contribution is 2.29. The second kappa shape index (κ2) is 11.2. The molecule has 206 valence electrons. The van der Waals surface area contributed by atoms with E-state index in [0.29, 0.717) is 66.8 Å². The lowest BCUT2D eigenvalue weighted by Gasteiger charge is -2.38. The molecule has 0 aliphatic carbocycles. The van der Waals surface area contributed by atoms with Gasteiger partial charge in [0.05, 0.1) is 30.7 Å². The van der Waals surface area contributed by atoms with Gasteiger partial charge in [0.1, 0.15) is 11.6 Å². The van der Waals surface area contributed by atoms with Gasteiger partial charge in [-0.05, 0) is 26.1 Å². The summed E-state index contributed by atoms with van der Waals surface area (Å²) in [6.07, 6.45) is 3.63. The lowest BCUT2D eigenvalue weighted by molar-refractivity contribution is 0.102. The Kier molecular flexibility index (Phi) is 7.69. The fourth-order valence-electron chi connectivity index (χ4n) is 4.78. The summed E-state index contributed by atoms with van der Waals surface area (Å²) in [5.74, 6) is 0.738.